The number of aryl methyl sites for hydroxylation is 2. The van der Waals surface area contributed by atoms with Gasteiger partial charge in [0.15, 0.2) is 0 Å². The summed E-state index contributed by atoms with van der Waals surface area (Å²) in [4.78, 5) is 14.0. The van der Waals surface area contributed by atoms with Crippen LogP contribution in [-0.4, -0.2) is 19.5 Å². The van der Waals surface area contributed by atoms with Gasteiger partial charge in [0.2, 0.25) is 0 Å². The Hall–Kier alpha value is -4.90. The zero-order chi connectivity index (χ0) is 31.8. The van der Waals surface area contributed by atoms with Gasteiger partial charge < -0.3 is 14.0 Å². The Morgan fingerprint density at radius 2 is 1.61 bits per heavy atom. The summed E-state index contributed by atoms with van der Waals surface area (Å²) in [6, 6.07) is 42.4. The Labute approximate surface area is 283 Å². The molecule has 0 spiro atoms. The summed E-state index contributed by atoms with van der Waals surface area (Å²) >= 11 is 0. The van der Waals surface area contributed by atoms with Gasteiger partial charge in [-0.15, -0.1) is 54.1 Å². The number of aromatic nitrogens is 4. The van der Waals surface area contributed by atoms with Crippen LogP contribution < -0.4 is 0 Å². The zero-order valence-electron chi connectivity index (χ0n) is 27.0. The van der Waals surface area contributed by atoms with Crippen LogP contribution in [0.3, 0.4) is 0 Å². The van der Waals surface area contributed by atoms with Crippen molar-refractivity contribution < 1.29 is 25.9 Å². The Morgan fingerprint density at radius 1 is 0.804 bits per heavy atom. The summed E-state index contributed by atoms with van der Waals surface area (Å²) in [5, 5.41) is 2.03. The first-order valence-corrected chi connectivity index (χ1v) is 15.0. The summed E-state index contributed by atoms with van der Waals surface area (Å²) in [6.07, 6.45) is 1.79. The predicted molar refractivity (Wildman–Crippen MR) is 182 cm³/mol. The van der Waals surface area contributed by atoms with Crippen LogP contribution in [0.15, 0.2) is 120 Å². The molecule has 0 N–H and O–H groups in total. The third-order valence-electron chi connectivity index (χ3n) is 7.84. The van der Waals surface area contributed by atoms with E-state index in [1.807, 2.05) is 125 Å². The summed E-state index contributed by atoms with van der Waals surface area (Å²) in [6.45, 7) is 7.79. The molecule has 4 heterocycles. The van der Waals surface area contributed by atoms with Crippen LogP contribution in [-0.2, 0) is 20.1 Å². The summed E-state index contributed by atoms with van der Waals surface area (Å²) in [7, 11) is 0. The molecule has 0 aliphatic rings. The summed E-state index contributed by atoms with van der Waals surface area (Å²) < 4.78 is 17.0. The van der Waals surface area contributed by atoms with Gasteiger partial charge in [-0.2, -0.15) is 0 Å². The van der Waals surface area contributed by atoms with Crippen molar-refractivity contribution in [1.29, 1.82) is 0 Å². The SMILES string of the molecule is [2H]C(C)(C)c1ccc2c(c1)oc1c(-c3nc4cc(C)nc(C)c4n3-c3ccccc3)[c-]ccc12.[Ir].[c-]1ccccc1-c1ccccn1. The number of furan rings is 1. The molecule has 0 fully saturated rings. The molecule has 0 saturated carbocycles. The number of pyridine rings is 2. The maximum Gasteiger partial charge on any atom is 0.121 e. The second-order valence-electron chi connectivity index (χ2n) is 11.2. The monoisotopic (exact) mass is 778 g/mol. The molecule has 229 valence electrons. The number of benzene rings is 4. The number of imidazole rings is 1. The maximum atomic E-state index is 8.41. The molecule has 4 aromatic carbocycles. The fourth-order valence-corrected chi connectivity index (χ4v) is 5.72. The Kier molecular flexibility index (Phi) is 8.56. The quantitative estimate of drug-likeness (QED) is 0.167. The van der Waals surface area contributed by atoms with Gasteiger partial charge in [-0.1, -0.05) is 67.3 Å². The molecule has 0 amide bonds. The van der Waals surface area contributed by atoms with Gasteiger partial charge in [0.25, 0.3) is 0 Å². The maximum absolute atomic E-state index is 8.41. The van der Waals surface area contributed by atoms with Crippen molar-refractivity contribution in [2.45, 2.75) is 33.6 Å². The van der Waals surface area contributed by atoms with Crippen molar-refractivity contribution >= 4 is 33.0 Å². The molecular formula is C40H32IrN4O-2. The minimum absolute atomic E-state index is 0. The Morgan fingerprint density at radius 3 is 2.35 bits per heavy atom. The molecular weight excluding hydrogens is 745 g/mol. The second kappa shape index (κ2) is 13.2. The number of hydrogen-bond donors (Lipinski definition) is 0. The number of para-hydroxylation sites is 1. The van der Waals surface area contributed by atoms with E-state index < -0.39 is 5.89 Å². The second-order valence-corrected chi connectivity index (χ2v) is 11.2. The van der Waals surface area contributed by atoms with Crippen molar-refractivity contribution in [3.63, 3.8) is 0 Å². The number of fused-ring (bicyclic) bond motifs is 4. The molecule has 0 aliphatic carbocycles. The smallest absolute Gasteiger partial charge is 0.121 e. The fourth-order valence-electron chi connectivity index (χ4n) is 5.72. The van der Waals surface area contributed by atoms with E-state index in [0.717, 1.165) is 78.3 Å². The van der Waals surface area contributed by atoms with Gasteiger partial charge in [0.1, 0.15) is 5.58 Å². The van der Waals surface area contributed by atoms with Crippen LogP contribution in [0.1, 0.15) is 38.1 Å². The van der Waals surface area contributed by atoms with Crippen molar-refractivity contribution in [3.05, 3.63) is 144 Å². The van der Waals surface area contributed by atoms with E-state index in [1.165, 1.54) is 0 Å². The number of hydrogen-bond acceptors (Lipinski definition) is 4. The molecule has 0 atom stereocenters. The summed E-state index contributed by atoms with van der Waals surface area (Å²) in [5.41, 5.74) is 9.98. The fraction of sp³-hybridized carbons (Fsp3) is 0.125. The average molecular weight is 778 g/mol. The van der Waals surface area contributed by atoms with Gasteiger partial charge in [0, 0.05) is 44.4 Å². The van der Waals surface area contributed by atoms with E-state index in [4.69, 9.17) is 15.8 Å². The minimum Gasteiger partial charge on any atom is -0.501 e. The summed E-state index contributed by atoms with van der Waals surface area (Å²) in [5.74, 6) is 0.0635. The predicted octanol–water partition coefficient (Wildman–Crippen LogP) is 10.1. The molecule has 0 aliphatic heterocycles. The molecule has 8 rings (SSSR count). The Balaban J connectivity index is 0.000000250. The normalized spacial score (nSPS) is 11.6. The molecule has 8 aromatic rings. The molecule has 6 heteroatoms. The molecule has 5 nitrogen and oxygen atoms in total. The topological polar surface area (TPSA) is 56.7 Å². The first-order valence-electron chi connectivity index (χ1n) is 15.5. The van der Waals surface area contributed by atoms with Crippen LogP contribution in [0.5, 0.6) is 0 Å². The third kappa shape index (κ3) is 5.90. The van der Waals surface area contributed by atoms with Gasteiger partial charge in [0.05, 0.1) is 28.1 Å². The van der Waals surface area contributed by atoms with Crippen LogP contribution in [0, 0.1) is 26.0 Å². The Bertz CT molecular complexity index is 2270. The molecule has 46 heavy (non-hydrogen) atoms. The van der Waals surface area contributed by atoms with Gasteiger partial charge in [-0.05, 0) is 61.3 Å². The third-order valence-corrected chi connectivity index (χ3v) is 7.84. The zero-order valence-corrected chi connectivity index (χ0v) is 28.4. The van der Waals surface area contributed by atoms with E-state index >= 15 is 0 Å². The molecule has 0 bridgehead atoms. The number of nitrogens with zero attached hydrogens (tertiary/aromatic N) is 4. The standard InChI is InChI=1S/C29H24N3O.C11H8N.Ir/c1-17(2)20-13-14-22-23-11-8-12-24(28(23)33-26(22)16-20)29-31-25-15-18(3)30-19(4)27(25)32(29)21-9-6-5-7-10-21;1-2-6-10(7-3-1)11-8-4-5-9-12-11;/h5-11,13-17H,1-4H3;1-6,8-9H;/q2*-1;/i17D;;. The van der Waals surface area contributed by atoms with Crippen LogP contribution >= 0.6 is 0 Å². The van der Waals surface area contributed by atoms with Crippen molar-refractivity contribution in [1.82, 2.24) is 19.5 Å². The molecule has 0 saturated heterocycles. The van der Waals surface area contributed by atoms with E-state index in [2.05, 4.69) is 33.8 Å². The van der Waals surface area contributed by atoms with Gasteiger partial charge in [-0.3, -0.25) is 9.97 Å². The average Bonchev–Trinajstić information content (AvgIpc) is 3.64. The van der Waals surface area contributed by atoms with E-state index in [-0.39, 0.29) is 20.1 Å². The van der Waals surface area contributed by atoms with E-state index in [1.54, 1.807) is 6.20 Å². The molecule has 0 unspecified atom stereocenters. The largest absolute Gasteiger partial charge is 0.501 e. The van der Waals surface area contributed by atoms with Crippen LogP contribution in [0.25, 0.3) is 61.3 Å². The van der Waals surface area contributed by atoms with E-state index in [9.17, 15) is 0 Å². The van der Waals surface area contributed by atoms with Gasteiger partial charge >= 0.3 is 0 Å². The minimum atomic E-state index is -0.703. The van der Waals surface area contributed by atoms with Gasteiger partial charge in [-0.25, -0.2) is 0 Å². The first-order chi connectivity index (χ1) is 22.3. The molecule has 1 radical (unpaired) electrons. The van der Waals surface area contributed by atoms with Crippen LogP contribution in [0.4, 0.5) is 0 Å². The van der Waals surface area contributed by atoms with Crippen molar-refractivity contribution in [2.75, 3.05) is 0 Å². The van der Waals surface area contributed by atoms with Crippen molar-refractivity contribution in [2.24, 2.45) is 0 Å². The first kappa shape index (κ1) is 29.8. The van der Waals surface area contributed by atoms with Crippen LogP contribution in [0.2, 0.25) is 0 Å². The van der Waals surface area contributed by atoms with E-state index in [0.29, 0.717) is 0 Å². The molecule has 4 aromatic heterocycles. The number of rotatable bonds is 4. The van der Waals surface area contributed by atoms with Crippen molar-refractivity contribution in [3.8, 4) is 28.3 Å².